The Balaban J connectivity index is 2.26. The second kappa shape index (κ2) is 6.07. The number of aliphatic hydroxyl groups excluding tert-OH is 1. The summed E-state index contributed by atoms with van der Waals surface area (Å²) in [6.07, 6.45) is 3.12. The van der Waals surface area contributed by atoms with E-state index in [1.54, 1.807) is 30.9 Å². The van der Waals surface area contributed by atoms with E-state index >= 15 is 0 Å². The molecule has 0 bridgehead atoms. The number of benzene rings is 1. The Morgan fingerprint density at radius 2 is 2.20 bits per heavy atom. The van der Waals surface area contributed by atoms with Gasteiger partial charge < -0.3 is 10.0 Å². The van der Waals surface area contributed by atoms with Crippen molar-refractivity contribution in [2.75, 3.05) is 13.7 Å². The summed E-state index contributed by atoms with van der Waals surface area (Å²) in [7, 11) is 1.65. The first-order valence-corrected chi connectivity index (χ1v) is 6.60. The topological polar surface area (TPSA) is 58.4 Å². The summed E-state index contributed by atoms with van der Waals surface area (Å²) in [5.41, 5.74) is 1.17. The number of nitrogens with zero attached hydrogens (tertiary/aromatic N) is 3. The molecule has 0 saturated carbocycles. The van der Waals surface area contributed by atoms with Crippen molar-refractivity contribution in [2.45, 2.75) is 13.0 Å². The molecule has 106 valence electrons. The summed E-state index contributed by atoms with van der Waals surface area (Å²) in [5, 5.41) is 13.8. The fourth-order valence-corrected chi connectivity index (χ4v) is 1.95. The summed E-state index contributed by atoms with van der Waals surface area (Å²) in [5.74, 6) is -0.190. The minimum atomic E-state index is -0.244. The van der Waals surface area contributed by atoms with E-state index in [1.165, 1.54) is 11.1 Å². The van der Waals surface area contributed by atoms with E-state index in [0.29, 0.717) is 16.3 Å². The largest absolute Gasteiger partial charge is 0.394 e. The lowest BCUT2D eigenvalue weighted by Crippen LogP contribution is -2.37. The second-order valence-electron chi connectivity index (χ2n) is 4.57. The number of hydrogen-bond acceptors (Lipinski definition) is 3. The van der Waals surface area contributed by atoms with Gasteiger partial charge in [0.25, 0.3) is 5.91 Å². The van der Waals surface area contributed by atoms with Crippen LogP contribution >= 0.6 is 11.6 Å². The van der Waals surface area contributed by atoms with E-state index in [1.807, 2.05) is 18.2 Å². The Hall–Kier alpha value is -1.85. The van der Waals surface area contributed by atoms with Gasteiger partial charge >= 0.3 is 0 Å². The van der Waals surface area contributed by atoms with Crippen molar-refractivity contribution in [3.05, 3.63) is 47.2 Å². The molecule has 1 aromatic heterocycles. The van der Waals surface area contributed by atoms with Crippen molar-refractivity contribution in [2.24, 2.45) is 0 Å². The monoisotopic (exact) mass is 293 g/mol. The van der Waals surface area contributed by atoms with E-state index in [0.717, 1.165) is 0 Å². The van der Waals surface area contributed by atoms with Crippen LogP contribution in [0.25, 0.3) is 5.69 Å². The molecule has 6 heteroatoms. The third kappa shape index (κ3) is 2.84. The molecule has 2 aromatic rings. The molecule has 0 spiro atoms. The normalized spacial score (nSPS) is 12.2. The van der Waals surface area contributed by atoms with Crippen molar-refractivity contribution < 1.29 is 9.90 Å². The standard InChI is InChI=1S/C14H16ClN3O2/c1-10(9-19)17(2)14(20)11-7-16-18(8-11)13-6-4-3-5-12(13)15/h3-8,10,19H,9H2,1-2H3. The number of rotatable bonds is 4. The van der Waals surface area contributed by atoms with Crippen LogP contribution in [-0.2, 0) is 0 Å². The maximum atomic E-state index is 12.2. The van der Waals surface area contributed by atoms with Gasteiger partial charge in [-0.3, -0.25) is 4.79 Å². The van der Waals surface area contributed by atoms with Crippen molar-refractivity contribution >= 4 is 17.5 Å². The average molecular weight is 294 g/mol. The number of carbonyl (C=O) groups is 1. The first-order chi connectivity index (χ1) is 9.54. The second-order valence-corrected chi connectivity index (χ2v) is 4.98. The van der Waals surface area contributed by atoms with E-state index < -0.39 is 0 Å². The number of halogens is 1. The number of aromatic nitrogens is 2. The van der Waals surface area contributed by atoms with Gasteiger partial charge in [0.05, 0.1) is 35.1 Å². The molecule has 1 aromatic carbocycles. The van der Waals surface area contributed by atoms with Crippen LogP contribution in [-0.4, -0.2) is 45.4 Å². The molecular weight excluding hydrogens is 278 g/mol. The maximum absolute atomic E-state index is 12.2. The summed E-state index contributed by atoms with van der Waals surface area (Å²) < 4.78 is 1.56. The SMILES string of the molecule is CC(CO)N(C)C(=O)c1cnn(-c2ccccc2Cl)c1. The van der Waals surface area contributed by atoms with E-state index in [4.69, 9.17) is 16.7 Å². The van der Waals surface area contributed by atoms with Crippen molar-refractivity contribution in [3.63, 3.8) is 0 Å². The predicted molar refractivity (Wildman–Crippen MR) is 77.2 cm³/mol. The molecule has 1 N–H and O–H groups in total. The van der Waals surface area contributed by atoms with Crippen LogP contribution in [0.3, 0.4) is 0 Å². The first kappa shape index (κ1) is 14.6. The van der Waals surface area contributed by atoms with Crippen LogP contribution in [0.4, 0.5) is 0 Å². The highest BCUT2D eigenvalue weighted by molar-refractivity contribution is 6.32. The molecule has 1 heterocycles. The fraction of sp³-hybridized carbons (Fsp3) is 0.286. The van der Waals surface area contributed by atoms with E-state index in [-0.39, 0.29) is 18.6 Å². The lowest BCUT2D eigenvalue weighted by Gasteiger charge is -2.22. The molecule has 2 rings (SSSR count). The molecule has 0 fully saturated rings. The highest BCUT2D eigenvalue weighted by atomic mass is 35.5. The Morgan fingerprint density at radius 1 is 1.50 bits per heavy atom. The number of likely N-dealkylation sites (N-methyl/N-ethyl adjacent to an activating group) is 1. The van der Waals surface area contributed by atoms with Crippen LogP contribution < -0.4 is 0 Å². The predicted octanol–water partition coefficient (Wildman–Crippen LogP) is 1.98. The number of aliphatic hydroxyl groups is 1. The zero-order valence-electron chi connectivity index (χ0n) is 11.3. The quantitative estimate of drug-likeness (QED) is 0.938. The Labute approximate surface area is 122 Å². The van der Waals surface area contributed by atoms with Gasteiger partial charge in [-0.05, 0) is 19.1 Å². The van der Waals surface area contributed by atoms with E-state index in [9.17, 15) is 4.79 Å². The van der Waals surface area contributed by atoms with Crippen molar-refractivity contribution in [1.29, 1.82) is 0 Å². The highest BCUT2D eigenvalue weighted by Gasteiger charge is 2.18. The number of amides is 1. The van der Waals surface area contributed by atoms with Gasteiger partial charge in [-0.25, -0.2) is 4.68 Å². The molecule has 0 saturated heterocycles. The molecule has 20 heavy (non-hydrogen) atoms. The van der Waals surface area contributed by atoms with Crippen molar-refractivity contribution in [1.82, 2.24) is 14.7 Å². The molecule has 0 aliphatic heterocycles. The van der Waals surface area contributed by atoms with Crippen LogP contribution in [0, 0.1) is 0 Å². The molecule has 0 aliphatic rings. The minimum Gasteiger partial charge on any atom is -0.394 e. The molecule has 1 atom stereocenters. The van der Waals surface area contributed by atoms with Gasteiger partial charge in [0.15, 0.2) is 0 Å². The lowest BCUT2D eigenvalue weighted by atomic mass is 10.2. The Bertz CT molecular complexity index is 612. The van der Waals surface area contributed by atoms with E-state index in [2.05, 4.69) is 5.10 Å². The molecular formula is C14H16ClN3O2. The molecule has 5 nitrogen and oxygen atoms in total. The number of para-hydroxylation sites is 1. The van der Waals surface area contributed by atoms with Crippen LogP contribution in [0.5, 0.6) is 0 Å². The van der Waals surface area contributed by atoms with Crippen LogP contribution in [0.2, 0.25) is 5.02 Å². The lowest BCUT2D eigenvalue weighted by molar-refractivity contribution is 0.0682. The summed E-state index contributed by atoms with van der Waals surface area (Å²) >= 11 is 6.09. The molecule has 0 aliphatic carbocycles. The Morgan fingerprint density at radius 3 is 2.85 bits per heavy atom. The third-order valence-electron chi connectivity index (χ3n) is 3.17. The number of carbonyl (C=O) groups excluding carboxylic acids is 1. The Kier molecular flexibility index (Phi) is 4.42. The van der Waals surface area contributed by atoms with Gasteiger partial charge in [0.2, 0.25) is 0 Å². The van der Waals surface area contributed by atoms with Gasteiger partial charge in [-0.2, -0.15) is 5.10 Å². The number of hydrogen-bond donors (Lipinski definition) is 1. The van der Waals surface area contributed by atoms with Crippen LogP contribution in [0.15, 0.2) is 36.7 Å². The molecule has 0 radical (unpaired) electrons. The average Bonchev–Trinajstić information content (AvgIpc) is 2.94. The summed E-state index contributed by atoms with van der Waals surface area (Å²) in [4.78, 5) is 13.7. The molecule has 1 amide bonds. The first-order valence-electron chi connectivity index (χ1n) is 6.22. The highest BCUT2D eigenvalue weighted by Crippen LogP contribution is 2.19. The zero-order chi connectivity index (χ0) is 14.7. The molecule has 1 unspecified atom stereocenters. The smallest absolute Gasteiger partial charge is 0.257 e. The van der Waals surface area contributed by atoms with Gasteiger partial charge in [-0.15, -0.1) is 0 Å². The van der Waals surface area contributed by atoms with Gasteiger partial charge in [0.1, 0.15) is 0 Å². The fourth-order valence-electron chi connectivity index (χ4n) is 1.73. The van der Waals surface area contributed by atoms with Crippen LogP contribution in [0.1, 0.15) is 17.3 Å². The third-order valence-corrected chi connectivity index (χ3v) is 3.49. The van der Waals surface area contributed by atoms with Crippen molar-refractivity contribution in [3.8, 4) is 5.69 Å². The van der Waals surface area contributed by atoms with Gasteiger partial charge in [0, 0.05) is 13.2 Å². The zero-order valence-corrected chi connectivity index (χ0v) is 12.1. The minimum absolute atomic E-state index is 0.0824. The summed E-state index contributed by atoms with van der Waals surface area (Å²) in [6, 6.07) is 7.03. The van der Waals surface area contributed by atoms with Gasteiger partial charge in [-0.1, -0.05) is 23.7 Å². The maximum Gasteiger partial charge on any atom is 0.257 e. The summed E-state index contributed by atoms with van der Waals surface area (Å²) in [6.45, 7) is 1.69.